The van der Waals surface area contributed by atoms with Gasteiger partial charge in [-0.15, -0.1) is 0 Å². The summed E-state index contributed by atoms with van der Waals surface area (Å²) in [5, 5.41) is 9.50. The molecule has 19 heavy (non-hydrogen) atoms. The molecule has 0 amide bonds. The molecule has 0 aromatic heterocycles. The van der Waals surface area contributed by atoms with Gasteiger partial charge in [0.15, 0.2) is 0 Å². The maximum Gasteiger partial charge on any atom is 0.240 e. The average Bonchev–Trinajstić information content (AvgIpc) is 2.90. The van der Waals surface area contributed by atoms with Gasteiger partial charge in [0.05, 0.1) is 11.0 Å². The standard InChI is InChI=1S/C13H19NO3S2/c1-10(15)12-3-2-4-13(7-12)19(16,17)14-8-11-5-6-18-9-11/h2-4,7,10-11,14-15H,5-6,8-9H2,1H3. The van der Waals surface area contributed by atoms with Crippen LogP contribution in [-0.4, -0.2) is 31.6 Å². The van der Waals surface area contributed by atoms with Gasteiger partial charge in [-0.05, 0) is 48.5 Å². The predicted octanol–water partition coefficient (Wildman–Crippen LogP) is 1.77. The van der Waals surface area contributed by atoms with Crippen molar-refractivity contribution in [3.8, 4) is 0 Å². The second-order valence-corrected chi connectivity index (χ2v) is 7.75. The fourth-order valence-electron chi connectivity index (χ4n) is 2.00. The van der Waals surface area contributed by atoms with Crippen molar-refractivity contribution in [2.45, 2.75) is 24.3 Å². The van der Waals surface area contributed by atoms with Gasteiger partial charge in [0, 0.05) is 6.54 Å². The summed E-state index contributed by atoms with van der Waals surface area (Å²) in [5.74, 6) is 2.57. The molecule has 0 spiro atoms. The zero-order valence-corrected chi connectivity index (χ0v) is 12.5. The van der Waals surface area contributed by atoms with Gasteiger partial charge in [-0.1, -0.05) is 12.1 Å². The fraction of sp³-hybridized carbons (Fsp3) is 0.538. The predicted molar refractivity (Wildman–Crippen MR) is 77.7 cm³/mol. The number of aliphatic hydroxyl groups is 1. The van der Waals surface area contributed by atoms with E-state index in [1.54, 1.807) is 25.1 Å². The van der Waals surface area contributed by atoms with Crippen LogP contribution in [0.4, 0.5) is 0 Å². The molecular formula is C13H19NO3S2. The zero-order chi connectivity index (χ0) is 13.9. The van der Waals surface area contributed by atoms with E-state index in [1.165, 1.54) is 6.07 Å². The molecule has 1 aliphatic heterocycles. The van der Waals surface area contributed by atoms with Gasteiger partial charge in [-0.2, -0.15) is 11.8 Å². The number of nitrogens with one attached hydrogen (secondary N) is 1. The van der Waals surface area contributed by atoms with Gasteiger partial charge in [0.2, 0.25) is 10.0 Å². The third kappa shape index (κ3) is 3.95. The van der Waals surface area contributed by atoms with E-state index in [0.717, 1.165) is 17.9 Å². The van der Waals surface area contributed by atoms with Crippen LogP contribution in [0.15, 0.2) is 29.2 Å². The molecule has 1 aromatic carbocycles. The Morgan fingerprint density at radius 1 is 1.53 bits per heavy atom. The lowest BCUT2D eigenvalue weighted by Crippen LogP contribution is -2.29. The lowest BCUT2D eigenvalue weighted by Gasteiger charge is -2.12. The molecule has 106 valence electrons. The molecule has 0 bridgehead atoms. The first-order valence-corrected chi connectivity index (χ1v) is 8.98. The summed E-state index contributed by atoms with van der Waals surface area (Å²) in [6.45, 7) is 2.11. The molecule has 0 saturated carbocycles. The molecule has 4 nitrogen and oxygen atoms in total. The highest BCUT2D eigenvalue weighted by molar-refractivity contribution is 7.99. The van der Waals surface area contributed by atoms with Crippen molar-refractivity contribution < 1.29 is 13.5 Å². The smallest absolute Gasteiger partial charge is 0.240 e. The quantitative estimate of drug-likeness (QED) is 0.870. The molecule has 1 saturated heterocycles. The highest BCUT2D eigenvalue weighted by Gasteiger charge is 2.20. The highest BCUT2D eigenvalue weighted by Crippen LogP contribution is 2.23. The van der Waals surface area contributed by atoms with Crippen LogP contribution < -0.4 is 4.72 Å². The number of aliphatic hydroxyl groups excluding tert-OH is 1. The largest absolute Gasteiger partial charge is 0.389 e. The van der Waals surface area contributed by atoms with E-state index in [4.69, 9.17) is 0 Å². The number of thioether (sulfide) groups is 1. The molecule has 0 radical (unpaired) electrons. The maximum atomic E-state index is 12.2. The topological polar surface area (TPSA) is 66.4 Å². The first kappa shape index (κ1) is 14.8. The first-order chi connectivity index (χ1) is 8.99. The van der Waals surface area contributed by atoms with Crippen LogP contribution in [0.1, 0.15) is 25.0 Å². The van der Waals surface area contributed by atoms with E-state index in [2.05, 4.69) is 4.72 Å². The number of hydrogen-bond donors (Lipinski definition) is 2. The molecular weight excluding hydrogens is 282 g/mol. The van der Waals surface area contributed by atoms with Crippen LogP contribution >= 0.6 is 11.8 Å². The molecule has 1 fully saturated rings. The molecule has 2 rings (SSSR count). The number of hydrogen-bond acceptors (Lipinski definition) is 4. The minimum Gasteiger partial charge on any atom is -0.389 e. The monoisotopic (exact) mass is 301 g/mol. The summed E-state index contributed by atoms with van der Waals surface area (Å²) in [5.41, 5.74) is 0.610. The molecule has 2 N–H and O–H groups in total. The van der Waals surface area contributed by atoms with E-state index in [1.807, 2.05) is 11.8 Å². The Morgan fingerprint density at radius 2 is 2.32 bits per heavy atom. The normalized spacial score (nSPS) is 21.5. The van der Waals surface area contributed by atoms with Crippen LogP contribution in [0.3, 0.4) is 0 Å². The molecule has 1 aromatic rings. The van der Waals surface area contributed by atoms with Gasteiger partial charge >= 0.3 is 0 Å². The van der Waals surface area contributed by atoms with Crippen molar-refractivity contribution in [3.63, 3.8) is 0 Å². The van der Waals surface area contributed by atoms with E-state index >= 15 is 0 Å². The van der Waals surface area contributed by atoms with Crippen LogP contribution in [-0.2, 0) is 10.0 Å². The Balaban J connectivity index is 2.07. The van der Waals surface area contributed by atoms with Crippen LogP contribution in [0, 0.1) is 5.92 Å². The maximum absolute atomic E-state index is 12.2. The summed E-state index contributed by atoms with van der Waals surface area (Å²) in [6.07, 6.45) is 0.405. The van der Waals surface area contributed by atoms with E-state index in [0.29, 0.717) is 18.0 Å². The van der Waals surface area contributed by atoms with E-state index in [-0.39, 0.29) is 4.90 Å². The van der Waals surface area contributed by atoms with Crippen molar-refractivity contribution in [2.24, 2.45) is 5.92 Å². The Labute approximate surface area is 118 Å². The molecule has 2 unspecified atom stereocenters. The Bertz CT molecular complexity index is 522. The second-order valence-electron chi connectivity index (χ2n) is 4.83. The van der Waals surface area contributed by atoms with Crippen LogP contribution in [0.2, 0.25) is 0 Å². The third-order valence-corrected chi connectivity index (χ3v) is 5.89. The minimum atomic E-state index is -3.47. The number of rotatable bonds is 5. The summed E-state index contributed by atoms with van der Waals surface area (Å²) >= 11 is 1.87. The van der Waals surface area contributed by atoms with Gasteiger partial charge in [-0.25, -0.2) is 13.1 Å². The summed E-state index contributed by atoms with van der Waals surface area (Å²) in [6, 6.07) is 6.45. The Morgan fingerprint density at radius 3 is 2.95 bits per heavy atom. The summed E-state index contributed by atoms with van der Waals surface area (Å²) in [7, 11) is -3.47. The van der Waals surface area contributed by atoms with Crippen molar-refractivity contribution in [1.82, 2.24) is 4.72 Å². The summed E-state index contributed by atoms with van der Waals surface area (Å²) in [4.78, 5) is 0.219. The van der Waals surface area contributed by atoms with Gasteiger partial charge < -0.3 is 5.11 Å². The van der Waals surface area contributed by atoms with Gasteiger partial charge in [0.25, 0.3) is 0 Å². The number of sulfonamides is 1. The molecule has 1 aliphatic rings. The van der Waals surface area contributed by atoms with Crippen LogP contribution in [0.5, 0.6) is 0 Å². The number of benzene rings is 1. The van der Waals surface area contributed by atoms with Gasteiger partial charge in [0.1, 0.15) is 0 Å². The van der Waals surface area contributed by atoms with Crippen molar-refractivity contribution >= 4 is 21.8 Å². The van der Waals surface area contributed by atoms with Crippen molar-refractivity contribution in [3.05, 3.63) is 29.8 Å². The molecule has 0 aliphatic carbocycles. The minimum absolute atomic E-state index is 0.219. The Kier molecular flexibility index (Phi) is 4.89. The second kappa shape index (κ2) is 6.26. The molecule has 1 heterocycles. The first-order valence-electron chi connectivity index (χ1n) is 6.34. The zero-order valence-electron chi connectivity index (χ0n) is 10.9. The SMILES string of the molecule is CC(O)c1cccc(S(=O)(=O)NCC2CCSC2)c1. The Hall–Kier alpha value is -0.560. The third-order valence-electron chi connectivity index (χ3n) is 3.24. The van der Waals surface area contributed by atoms with Crippen molar-refractivity contribution in [1.29, 1.82) is 0 Å². The molecule has 2 atom stereocenters. The fourth-order valence-corrected chi connectivity index (χ4v) is 4.45. The van der Waals surface area contributed by atoms with Crippen LogP contribution in [0.25, 0.3) is 0 Å². The highest BCUT2D eigenvalue weighted by atomic mass is 32.2. The summed E-state index contributed by atoms with van der Waals surface area (Å²) < 4.78 is 27.0. The van der Waals surface area contributed by atoms with E-state index < -0.39 is 16.1 Å². The van der Waals surface area contributed by atoms with E-state index in [9.17, 15) is 13.5 Å². The lowest BCUT2D eigenvalue weighted by atomic mass is 10.1. The van der Waals surface area contributed by atoms with Gasteiger partial charge in [-0.3, -0.25) is 0 Å². The lowest BCUT2D eigenvalue weighted by molar-refractivity contribution is 0.199. The molecule has 6 heteroatoms. The van der Waals surface area contributed by atoms with Crippen molar-refractivity contribution in [2.75, 3.05) is 18.1 Å². The average molecular weight is 301 g/mol.